The van der Waals surface area contributed by atoms with E-state index < -0.39 is 0 Å². The number of nitrogens with zero attached hydrogens (tertiary/aromatic N) is 4. The minimum Gasteiger partial charge on any atom is -0.461 e. The number of hydrogen-bond acceptors (Lipinski definition) is 6. The molecule has 0 aliphatic rings. The molecule has 0 unspecified atom stereocenters. The standard InChI is InChI=1S/C14H17N5O2/c1-10(11(2)19-7-4-6-16-19)15-9-13-17-14(18-21-13)12-5-3-8-20-12/h3-8,10-11,15H,9H2,1-2H3/t10-,11+/m1/s1. The molecule has 7 nitrogen and oxygen atoms in total. The summed E-state index contributed by atoms with van der Waals surface area (Å²) in [4.78, 5) is 4.29. The summed E-state index contributed by atoms with van der Waals surface area (Å²) in [5.41, 5.74) is 0. The highest BCUT2D eigenvalue weighted by molar-refractivity contribution is 5.44. The van der Waals surface area contributed by atoms with Gasteiger partial charge in [0.1, 0.15) is 0 Å². The van der Waals surface area contributed by atoms with Crippen molar-refractivity contribution in [3.63, 3.8) is 0 Å². The topological polar surface area (TPSA) is 81.9 Å². The van der Waals surface area contributed by atoms with Crippen LogP contribution in [0.3, 0.4) is 0 Å². The van der Waals surface area contributed by atoms with Crippen LogP contribution in [-0.4, -0.2) is 26.0 Å². The lowest BCUT2D eigenvalue weighted by atomic mass is 10.2. The summed E-state index contributed by atoms with van der Waals surface area (Å²) in [6, 6.07) is 5.94. The van der Waals surface area contributed by atoms with Crippen molar-refractivity contribution in [1.29, 1.82) is 0 Å². The van der Waals surface area contributed by atoms with Gasteiger partial charge in [0.25, 0.3) is 0 Å². The van der Waals surface area contributed by atoms with Crippen LogP contribution >= 0.6 is 0 Å². The van der Waals surface area contributed by atoms with E-state index in [1.165, 1.54) is 0 Å². The van der Waals surface area contributed by atoms with Crippen LogP contribution in [0.2, 0.25) is 0 Å². The highest BCUT2D eigenvalue weighted by Gasteiger charge is 2.16. The molecule has 3 aromatic heterocycles. The lowest BCUT2D eigenvalue weighted by molar-refractivity contribution is 0.325. The molecule has 0 spiro atoms. The summed E-state index contributed by atoms with van der Waals surface area (Å²) < 4.78 is 12.3. The number of nitrogens with one attached hydrogen (secondary N) is 1. The van der Waals surface area contributed by atoms with Gasteiger partial charge in [0.05, 0.1) is 18.8 Å². The van der Waals surface area contributed by atoms with Crippen molar-refractivity contribution in [3.05, 3.63) is 42.7 Å². The zero-order valence-electron chi connectivity index (χ0n) is 11.9. The minimum absolute atomic E-state index is 0.212. The van der Waals surface area contributed by atoms with Crippen LogP contribution < -0.4 is 5.32 Å². The first-order valence-corrected chi connectivity index (χ1v) is 6.83. The molecule has 21 heavy (non-hydrogen) atoms. The van der Waals surface area contributed by atoms with Crippen molar-refractivity contribution in [2.75, 3.05) is 0 Å². The van der Waals surface area contributed by atoms with Gasteiger partial charge in [-0.2, -0.15) is 10.1 Å². The molecule has 0 bridgehead atoms. The quantitative estimate of drug-likeness (QED) is 0.749. The summed E-state index contributed by atoms with van der Waals surface area (Å²) in [7, 11) is 0. The maximum atomic E-state index is 5.23. The summed E-state index contributed by atoms with van der Waals surface area (Å²) in [6.45, 7) is 4.70. The predicted octanol–water partition coefficient (Wildman–Crippen LogP) is 2.27. The summed E-state index contributed by atoms with van der Waals surface area (Å²) >= 11 is 0. The highest BCUT2D eigenvalue weighted by Crippen LogP contribution is 2.16. The van der Waals surface area contributed by atoms with E-state index in [0.29, 0.717) is 24.0 Å². The molecule has 1 N–H and O–H groups in total. The first-order chi connectivity index (χ1) is 10.2. The van der Waals surface area contributed by atoms with Gasteiger partial charge < -0.3 is 14.3 Å². The van der Waals surface area contributed by atoms with Crippen molar-refractivity contribution >= 4 is 0 Å². The third kappa shape index (κ3) is 3.03. The molecule has 110 valence electrons. The molecule has 3 rings (SSSR count). The molecule has 0 saturated carbocycles. The Labute approximate surface area is 122 Å². The first kappa shape index (κ1) is 13.6. The fraction of sp³-hybridized carbons (Fsp3) is 0.357. The normalized spacial score (nSPS) is 14.2. The van der Waals surface area contributed by atoms with Crippen LogP contribution in [0, 0.1) is 0 Å². The summed E-state index contributed by atoms with van der Waals surface area (Å²) in [5.74, 6) is 1.59. The zero-order chi connectivity index (χ0) is 14.7. The lowest BCUT2D eigenvalue weighted by Gasteiger charge is -2.20. The van der Waals surface area contributed by atoms with Gasteiger partial charge in [-0.25, -0.2) is 0 Å². The van der Waals surface area contributed by atoms with Crippen LogP contribution in [-0.2, 0) is 6.54 Å². The molecule has 0 amide bonds. The van der Waals surface area contributed by atoms with Gasteiger partial charge in [0, 0.05) is 18.4 Å². The van der Waals surface area contributed by atoms with Crippen molar-refractivity contribution < 1.29 is 8.94 Å². The van der Waals surface area contributed by atoms with E-state index in [-0.39, 0.29) is 12.1 Å². The van der Waals surface area contributed by atoms with Crippen LogP contribution in [0.1, 0.15) is 25.8 Å². The van der Waals surface area contributed by atoms with E-state index >= 15 is 0 Å². The fourth-order valence-electron chi connectivity index (χ4n) is 2.00. The maximum Gasteiger partial charge on any atom is 0.241 e. The zero-order valence-corrected chi connectivity index (χ0v) is 11.9. The Morgan fingerprint density at radius 3 is 2.95 bits per heavy atom. The number of rotatable bonds is 6. The Bertz CT molecular complexity index is 659. The number of furan rings is 1. The molecule has 7 heteroatoms. The third-order valence-electron chi connectivity index (χ3n) is 3.45. The van der Waals surface area contributed by atoms with E-state index in [2.05, 4.69) is 34.4 Å². The second-order valence-electron chi connectivity index (χ2n) is 4.89. The Morgan fingerprint density at radius 2 is 2.24 bits per heavy atom. The molecule has 0 fully saturated rings. The van der Waals surface area contributed by atoms with Gasteiger partial charge >= 0.3 is 0 Å². The average molecular weight is 287 g/mol. The predicted molar refractivity (Wildman–Crippen MR) is 75.2 cm³/mol. The Kier molecular flexibility index (Phi) is 3.83. The van der Waals surface area contributed by atoms with Crippen molar-refractivity contribution in [2.45, 2.75) is 32.5 Å². The minimum atomic E-state index is 0.212. The van der Waals surface area contributed by atoms with Gasteiger partial charge in [-0.05, 0) is 32.0 Å². The molecular weight excluding hydrogens is 270 g/mol. The summed E-state index contributed by atoms with van der Waals surface area (Å²) in [6.07, 6.45) is 5.30. The smallest absolute Gasteiger partial charge is 0.241 e. The first-order valence-electron chi connectivity index (χ1n) is 6.83. The monoisotopic (exact) mass is 287 g/mol. The number of hydrogen-bond donors (Lipinski definition) is 1. The van der Waals surface area contributed by atoms with Crippen LogP contribution in [0.15, 0.2) is 45.8 Å². The molecule has 0 aliphatic heterocycles. The van der Waals surface area contributed by atoms with Gasteiger partial charge in [-0.15, -0.1) is 0 Å². The van der Waals surface area contributed by atoms with E-state index in [4.69, 9.17) is 8.94 Å². The number of aromatic nitrogens is 4. The Morgan fingerprint density at radius 1 is 1.33 bits per heavy atom. The molecule has 2 atom stereocenters. The van der Waals surface area contributed by atoms with Crippen LogP contribution in [0.5, 0.6) is 0 Å². The van der Waals surface area contributed by atoms with Gasteiger partial charge in [-0.1, -0.05) is 5.16 Å². The third-order valence-corrected chi connectivity index (χ3v) is 3.45. The van der Waals surface area contributed by atoms with E-state index in [0.717, 1.165) is 0 Å². The van der Waals surface area contributed by atoms with Gasteiger partial charge in [0.2, 0.25) is 11.7 Å². The van der Waals surface area contributed by atoms with Crippen LogP contribution in [0.4, 0.5) is 0 Å². The van der Waals surface area contributed by atoms with Crippen molar-refractivity contribution in [2.24, 2.45) is 0 Å². The van der Waals surface area contributed by atoms with E-state index in [1.807, 2.05) is 16.9 Å². The highest BCUT2D eigenvalue weighted by atomic mass is 16.5. The van der Waals surface area contributed by atoms with Crippen molar-refractivity contribution in [3.8, 4) is 11.6 Å². The van der Waals surface area contributed by atoms with Gasteiger partial charge in [0.15, 0.2) is 5.76 Å². The van der Waals surface area contributed by atoms with Crippen LogP contribution in [0.25, 0.3) is 11.6 Å². The molecular formula is C14H17N5O2. The summed E-state index contributed by atoms with van der Waals surface area (Å²) in [5, 5.41) is 11.5. The maximum absolute atomic E-state index is 5.23. The average Bonchev–Trinajstić information content (AvgIpc) is 3.25. The molecule has 0 saturated heterocycles. The van der Waals surface area contributed by atoms with Crippen molar-refractivity contribution in [1.82, 2.24) is 25.2 Å². The van der Waals surface area contributed by atoms with Gasteiger partial charge in [-0.3, -0.25) is 4.68 Å². The lowest BCUT2D eigenvalue weighted by Crippen LogP contribution is -2.33. The molecule has 0 radical (unpaired) electrons. The Balaban J connectivity index is 1.58. The Hall–Kier alpha value is -2.41. The van der Waals surface area contributed by atoms with E-state index in [9.17, 15) is 0 Å². The fourth-order valence-corrected chi connectivity index (χ4v) is 2.00. The molecule has 3 heterocycles. The van der Waals surface area contributed by atoms with E-state index in [1.54, 1.807) is 24.6 Å². The second kappa shape index (κ2) is 5.92. The molecule has 0 aromatic carbocycles. The molecule has 3 aromatic rings. The molecule has 0 aliphatic carbocycles. The second-order valence-corrected chi connectivity index (χ2v) is 4.89. The SMILES string of the molecule is C[C@@H](NCc1nc(-c2ccco2)no1)[C@H](C)n1cccn1. The largest absolute Gasteiger partial charge is 0.461 e.